The topological polar surface area (TPSA) is 41.5 Å². The van der Waals surface area contributed by atoms with Crippen LogP contribution in [0.25, 0.3) is 0 Å². The second kappa shape index (κ2) is 8.13. The van der Waals surface area contributed by atoms with Gasteiger partial charge in [0.2, 0.25) is 0 Å². The first-order chi connectivity index (χ1) is 6.62. The van der Waals surface area contributed by atoms with Crippen molar-refractivity contribution in [3.05, 3.63) is 0 Å². The first kappa shape index (κ1) is 13.8. The van der Waals surface area contributed by atoms with E-state index in [1.807, 2.05) is 13.8 Å². The Kier molecular flexibility index (Phi) is 8.01. The highest BCUT2D eigenvalue weighted by atomic mass is 32.2. The van der Waals surface area contributed by atoms with Gasteiger partial charge in [0, 0.05) is 13.2 Å². The van der Waals surface area contributed by atoms with Gasteiger partial charge in [0.25, 0.3) is 0 Å². The van der Waals surface area contributed by atoms with Crippen LogP contribution >= 0.6 is 11.9 Å². The van der Waals surface area contributed by atoms with Crippen molar-refractivity contribution in [1.82, 2.24) is 4.72 Å². The predicted molar refractivity (Wildman–Crippen MR) is 61.0 cm³/mol. The normalized spacial score (nSPS) is 11.3. The molecule has 0 aromatic heterocycles. The molecule has 0 amide bonds. The van der Waals surface area contributed by atoms with Crippen LogP contribution in [0.2, 0.25) is 0 Å². The SMILES string of the molecule is C#CCSNCCOC(C)(C)CCO. The number of terminal acetylenes is 1. The van der Waals surface area contributed by atoms with Crippen LogP contribution < -0.4 is 4.72 Å². The summed E-state index contributed by atoms with van der Waals surface area (Å²) in [6, 6.07) is 0. The molecule has 82 valence electrons. The molecule has 0 spiro atoms. The average Bonchev–Trinajstić information content (AvgIpc) is 2.11. The minimum atomic E-state index is -0.243. The lowest BCUT2D eigenvalue weighted by atomic mass is 10.1. The first-order valence-electron chi connectivity index (χ1n) is 4.65. The summed E-state index contributed by atoms with van der Waals surface area (Å²) in [5.74, 6) is 3.19. The number of rotatable bonds is 8. The lowest BCUT2D eigenvalue weighted by molar-refractivity contribution is -0.0293. The van der Waals surface area contributed by atoms with Crippen LogP contribution in [-0.2, 0) is 4.74 Å². The summed E-state index contributed by atoms with van der Waals surface area (Å²) in [4.78, 5) is 0. The van der Waals surface area contributed by atoms with E-state index < -0.39 is 0 Å². The van der Waals surface area contributed by atoms with E-state index in [4.69, 9.17) is 16.3 Å². The van der Waals surface area contributed by atoms with Gasteiger partial charge in [-0.25, -0.2) is 0 Å². The fraction of sp³-hybridized carbons (Fsp3) is 0.800. The van der Waals surface area contributed by atoms with Gasteiger partial charge < -0.3 is 9.84 Å². The number of hydrogen-bond donors (Lipinski definition) is 2. The molecule has 14 heavy (non-hydrogen) atoms. The van der Waals surface area contributed by atoms with Crippen molar-refractivity contribution in [3.63, 3.8) is 0 Å². The van der Waals surface area contributed by atoms with E-state index in [2.05, 4.69) is 10.6 Å². The maximum absolute atomic E-state index is 8.75. The molecule has 0 rings (SSSR count). The van der Waals surface area contributed by atoms with Crippen LogP contribution in [0.4, 0.5) is 0 Å². The van der Waals surface area contributed by atoms with Crippen LogP contribution in [-0.4, -0.2) is 36.2 Å². The molecule has 0 radical (unpaired) electrons. The summed E-state index contributed by atoms with van der Waals surface area (Å²) in [5.41, 5.74) is -0.243. The zero-order chi connectivity index (χ0) is 10.9. The molecule has 0 aliphatic carbocycles. The van der Waals surface area contributed by atoms with E-state index in [9.17, 15) is 0 Å². The van der Waals surface area contributed by atoms with E-state index in [0.29, 0.717) is 18.8 Å². The third kappa shape index (κ3) is 8.39. The largest absolute Gasteiger partial charge is 0.396 e. The molecule has 3 nitrogen and oxygen atoms in total. The van der Waals surface area contributed by atoms with Gasteiger partial charge in [0.05, 0.1) is 18.0 Å². The molecule has 0 aliphatic heterocycles. The van der Waals surface area contributed by atoms with Crippen LogP contribution in [0.5, 0.6) is 0 Å². The van der Waals surface area contributed by atoms with Crippen molar-refractivity contribution in [1.29, 1.82) is 0 Å². The van der Waals surface area contributed by atoms with Gasteiger partial charge in [-0.3, -0.25) is 4.72 Å². The van der Waals surface area contributed by atoms with Gasteiger partial charge in [-0.05, 0) is 20.3 Å². The van der Waals surface area contributed by atoms with Crippen molar-refractivity contribution in [2.24, 2.45) is 0 Å². The Morgan fingerprint density at radius 3 is 2.86 bits per heavy atom. The smallest absolute Gasteiger partial charge is 0.0690 e. The molecule has 4 heteroatoms. The standard InChI is InChI=1S/C10H19NO2S/c1-4-9-14-11-6-8-13-10(2,3)5-7-12/h1,11-12H,5-9H2,2-3H3. The van der Waals surface area contributed by atoms with Crippen LogP contribution in [0.1, 0.15) is 20.3 Å². The molecule has 0 heterocycles. The molecular formula is C10H19NO2S. The van der Waals surface area contributed by atoms with Crippen molar-refractivity contribution in [3.8, 4) is 12.3 Å². The molecule has 2 N–H and O–H groups in total. The van der Waals surface area contributed by atoms with Crippen LogP contribution in [0.3, 0.4) is 0 Å². The fourth-order valence-electron chi connectivity index (χ4n) is 0.875. The zero-order valence-corrected chi connectivity index (χ0v) is 9.69. The minimum absolute atomic E-state index is 0.159. The molecule has 0 fully saturated rings. The molecule has 0 atom stereocenters. The summed E-state index contributed by atoms with van der Waals surface area (Å²) < 4.78 is 8.65. The summed E-state index contributed by atoms with van der Waals surface area (Å²) in [6.45, 7) is 5.49. The fourth-order valence-corrected chi connectivity index (χ4v) is 1.29. The van der Waals surface area contributed by atoms with E-state index in [1.165, 1.54) is 11.9 Å². The van der Waals surface area contributed by atoms with Crippen molar-refractivity contribution in [2.75, 3.05) is 25.5 Å². The molecular weight excluding hydrogens is 198 g/mol. The first-order valence-corrected chi connectivity index (χ1v) is 5.64. The Labute approximate surface area is 90.7 Å². The quantitative estimate of drug-likeness (QED) is 0.362. The summed E-state index contributed by atoms with van der Waals surface area (Å²) in [7, 11) is 0. The van der Waals surface area contributed by atoms with Crippen molar-refractivity contribution < 1.29 is 9.84 Å². The van der Waals surface area contributed by atoms with E-state index in [-0.39, 0.29) is 12.2 Å². The second-order valence-electron chi connectivity index (χ2n) is 3.47. The van der Waals surface area contributed by atoms with Gasteiger partial charge in [-0.15, -0.1) is 6.42 Å². The lowest BCUT2D eigenvalue weighted by Gasteiger charge is -2.24. The predicted octanol–water partition coefficient (Wildman–Crippen LogP) is 1.03. The van der Waals surface area contributed by atoms with Gasteiger partial charge in [0.1, 0.15) is 0 Å². The Balaban J connectivity index is 3.31. The third-order valence-corrected chi connectivity index (χ3v) is 2.39. The van der Waals surface area contributed by atoms with Gasteiger partial charge in [-0.2, -0.15) is 0 Å². The summed E-state index contributed by atoms with van der Waals surface area (Å²) in [6.07, 6.45) is 5.74. The van der Waals surface area contributed by atoms with E-state index in [0.717, 1.165) is 6.54 Å². The number of aliphatic hydroxyl groups excluding tert-OH is 1. The molecule has 0 saturated carbocycles. The average molecular weight is 217 g/mol. The maximum atomic E-state index is 8.75. The highest BCUT2D eigenvalue weighted by Gasteiger charge is 2.16. The van der Waals surface area contributed by atoms with Gasteiger partial charge in [-0.1, -0.05) is 17.9 Å². The van der Waals surface area contributed by atoms with Gasteiger partial charge >= 0.3 is 0 Å². The summed E-state index contributed by atoms with van der Waals surface area (Å²) in [5, 5.41) is 8.75. The summed E-state index contributed by atoms with van der Waals surface area (Å²) >= 11 is 1.50. The molecule has 0 aromatic rings. The third-order valence-electron chi connectivity index (χ3n) is 1.67. The van der Waals surface area contributed by atoms with E-state index in [1.54, 1.807) is 0 Å². The van der Waals surface area contributed by atoms with Crippen LogP contribution in [0.15, 0.2) is 0 Å². The van der Waals surface area contributed by atoms with E-state index >= 15 is 0 Å². The van der Waals surface area contributed by atoms with Crippen LogP contribution in [0, 0.1) is 12.3 Å². The molecule has 0 aliphatic rings. The molecule has 0 unspecified atom stereocenters. The molecule has 0 aromatic carbocycles. The number of aliphatic hydroxyl groups is 1. The Bertz CT molecular complexity index is 177. The maximum Gasteiger partial charge on any atom is 0.0690 e. The highest BCUT2D eigenvalue weighted by Crippen LogP contribution is 2.12. The molecule has 0 bridgehead atoms. The number of ether oxygens (including phenoxy) is 1. The molecule has 0 saturated heterocycles. The zero-order valence-electron chi connectivity index (χ0n) is 8.88. The second-order valence-corrected chi connectivity index (χ2v) is 4.33. The number of nitrogens with one attached hydrogen (secondary N) is 1. The highest BCUT2D eigenvalue weighted by molar-refractivity contribution is 7.97. The number of hydrogen-bond acceptors (Lipinski definition) is 4. The Hall–Kier alpha value is -0.210. The lowest BCUT2D eigenvalue weighted by Crippen LogP contribution is -2.29. The Morgan fingerprint density at radius 1 is 1.57 bits per heavy atom. The van der Waals surface area contributed by atoms with Gasteiger partial charge in [0.15, 0.2) is 0 Å². The van der Waals surface area contributed by atoms with Crippen molar-refractivity contribution >= 4 is 11.9 Å². The van der Waals surface area contributed by atoms with Crippen molar-refractivity contribution in [2.45, 2.75) is 25.9 Å². The monoisotopic (exact) mass is 217 g/mol. The Morgan fingerprint density at radius 2 is 2.29 bits per heavy atom. The minimum Gasteiger partial charge on any atom is -0.396 e.